The number of nitrogens with one attached hydrogen (secondary N) is 2. The van der Waals surface area contributed by atoms with Gasteiger partial charge in [0, 0.05) is 41.4 Å². The van der Waals surface area contributed by atoms with E-state index in [1.54, 1.807) is 12.1 Å². The molecule has 0 spiro atoms. The fraction of sp³-hybridized carbons (Fsp3) is 0.222. The van der Waals surface area contributed by atoms with Crippen molar-refractivity contribution in [2.45, 2.75) is 19.9 Å². The maximum Gasteiger partial charge on any atom is 0.251 e. The van der Waals surface area contributed by atoms with Crippen LogP contribution in [0.15, 0.2) is 30.3 Å². The van der Waals surface area contributed by atoms with E-state index in [0.717, 1.165) is 5.56 Å². The van der Waals surface area contributed by atoms with Crippen molar-refractivity contribution in [3.63, 3.8) is 0 Å². The van der Waals surface area contributed by atoms with Crippen LogP contribution >= 0.6 is 0 Å². The molecular weight excluding hydrogens is 333 g/mol. The van der Waals surface area contributed by atoms with Gasteiger partial charge in [0.25, 0.3) is 5.91 Å². The standard InChI is InChI=1S/C18H15F3N2O2/c1-9-4-10-2-3-11(5-16(10)23-17(9)24)18(25)22-8-13-14(20)6-12(19)7-15(13)21/h2-3,5-7,9H,4,8H2,1H3,(H,22,25)(H,23,24). The van der Waals surface area contributed by atoms with Crippen LogP contribution in [0.2, 0.25) is 0 Å². The van der Waals surface area contributed by atoms with Gasteiger partial charge in [0.15, 0.2) is 0 Å². The molecule has 0 aliphatic carbocycles. The Morgan fingerprint density at radius 2 is 1.88 bits per heavy atom. The molecule has 3 rings (SSSR count). The van der Waals surface area contributed by atoms with E-state index in [1.807, 2.05) is 6.92 Å². The Morgan fingerprint density at radius 3 is 2.56 bits per heavy atom. The number of halogens is 3. The third-order valence-electron chi connectivity index (χ3n) is 4.14. The van der Waals surface area contributed by atoms with Crippen LogP contribution in [0, 0.1) is 23.4 Å². The molecule has 4 nitrogen and oxygen atoms in total. The Morgan fingerprint density at radius 1 is 1.20 bits per heavy atom. The molecule has 2 aromatic carbocycles. The van der Waals surface area contributed by atoms with Crippen LogP contribution < -0.4 is 10.6 Å². The SMILES string of the molecule is CC1Cc2ccc(C(=O)NCc3c(F)cc(F)cc3F)cc2NC1=O. The predicted octanol–water partition coefficient (Wildman–Crippen LogP) is 3.16. The summed E-state index contributed by atoms with van der Waals surface area (Å²) in [5.74, 6) is -3.98. The number of amides is 2. The zero-order chi connectivity index (χ0) is 18.1. The van der Waals surface area contributed by atoms with Gasteiger partial charge in [-0.05, 0) is 24.1 Å². The summed E-state index contributed by atoms with van der Waals surface area (Å²) >= 11 is 0. The topological polar surface area (TPSA) is 58.2 Å². The zero-order valence-electron chi connectivity index (χ0n) is 13.3. The molecule has 0 radical (unpaired) electrons. The number of anilines is 1. The minimum atomic E-state index is -1.07. The van der Waals surface area contributed by atoms with Gasteiger partial charge in [0.1, 0.15) is 17.5 Å². The van der Waals surface area contributed by atoms with Gasteiger partial charge in [0.2, 0.25) is 5.91 Å². The van der Waals surface area contributed by atoms with Crippen LogP contribution in [0.1, 0.15) is 28.4 Å². The highest BCUT2D eigenvalue weighted by molar-refractivity contribution is 5.99. The van der Waals surface area contributed by atoms with Crippen LogP contribution in [-0.2, 0) is 17.8 Å². The number of fused-ring (bicyclic) bond motifs is 1. The third kappa shape index (κ3) is 3.50. The second-order valence-corrected chi connectivity index (χ2v) is 6.00. The summed E-state index contributed by atoms with van der Waals surface area (Å²) < 4.78 is 40.1. The first-order valence-corrected chi connectivity index (χ1v) is 7.70. The molecule has 1 aliphatic heterocycles. The van der Waals surface area contributed by atoms with Crippen LogP contribution in [0.25, 0.3) is 0 Å². The lowest BCUT2D eigenvalue weighted by atomic mass is 9.93. The normalized spacial score (nSPS) is 16.2. The fourth-order valence-electron chi connectivity index (χ4n) is 2.70. The van der Waals surface area contributed by atoms with E-state index in [4.69, 9.17) is 0 Å². The average Bonchev–Trinajstić information content (AvgIpc) is 2.54. The monoisotopic (exact) mass is 348 g/mol. The van der Waals surface area contributed by atoms with Gasteiger partial charge in [-0.15, -0.1) is 0 Å². The van der Waals surface area contributed by atoms with E-state index in [0.29, 0.717) is 24.2 Å². The minimum absolute atomic E-state index is 0.125. The summed E-state index contributed by atoms with van der Waals surface area (Å²) in [5.41, 5.74) is 1.29. The van der Waals surface area contributed by atoms with Gasteiger partial charge in [-0.2, -0.15) is 0 Å². The fourth-order valence-corrected chi connectivity index (χ4v) is 2.70. The zero-order valence-corrected chi connectivity index (χ0v) is 13.3. The highest BCUT2D eigenvalue weighted by atomic mass is 19.1. The van der Waals surface area contributed by atoms with Crippen molar-refractivity contribution in [1.82, 2.24) is 5.32 Å². The molecule has 2 amide bonds. The van der Waals surface area contributed by atoms with Crippen molar-refractivity contribution in [3.05, 3.63) is 64.5 Å². The third-order valence-corrected chi connectivity index (χ3v) is 4.14. The van der Waals surface area contributed by atoms with Crippen LogP contribution in [0.4, 0.5) is 18.9 Å². The molecule has 7 heteroatoms. The van der Waals surface area contributed by atoms with Gasteiger partial charge < -0.3 is 10.6 Å². The molecular formula is C18H15F3N2O2. The quantitative estimate of drug-likeness (QED) is 0.895. The molecule has 0 aromatic heterocycles. The summed E-state index contributed by atoms with van der Waals surface area (Å²) in [7, 11) is 0. The lowest BCUT2D eigenvalue weighted by Crippen LogP contribution is -2.29. The first-order chi connectivity index (χ1) is 11.8. The number of carbonyl (C=O) groups excluding carboxylic acids is 2. The van der Waals surface area contributed by atoms with Gasteiger partial charge >= 0.3 is 0 Å². The number of hydrogen-bond donors (Lipinski definition) is 2. The van der Waals surface area contributed by atoms with Crippen molar-refractivity contribution in [2.24, 2.45) is 5.92 Å². The van der Waals surface area contributed by atoms with Crippen LogP contribution in [-0.4, -0.2) is 11.8 Å². The molecule has 1 atom stereocenters. The Balaban J connectivity index is 1.75. The Hall–Kier alpha value is -2.83. The van der Waals surface area contributed by atoms with Crippen molar-refractivity contribution < 1.29 is 22.8 Å². The summed E-state index contributed by atoms with van der Waals surface area (Å²) in [5, 5.41) is 5.11. The Bertz CT molecular complexity index is 844. The largest absolute Gasteiger partial charge is 0.348 e. The molecule has 25 heavy (non-hydrogen) atoms. The molecule has 0 saturated heterocycles. The van der Waals surface area contributed by atoms with Crippen molar-refractivity contribution >= 4 is 17.5 Å². The molecule has 2 aromatic rings. The van der Waals surface area contributed by atoms with Gasteiger partial charge in [-0.25, -0.2) is 13.2 Å². The second-order valence-electron chi connectivity index (χ2n) is 6.00. The Kier molecular flexibility index (Phi) is 4.48. The van der Waals surface area contributed by atoms with Gasteiger partial charge in [-0.1, -0.05) is 13.0 Å². The van der Waals surface area contributed by atoms with E-state index in [2.05, 4.69) is 10.6 Å². The molecule has 0 bridgehead atoms. The van der Waals surface area contributed by atoms with Crippen molar-refractivity contribution in [3.8, 4) is 0 Å². The smallest absolute Gasteiger partial charge is 0.251 e. The molecule has 1 heterocycles. The van der Waals surface area contributed by atoms with Gasteiger partial charge in [0.05, 0.1) is 0 Å². The molecule has 130 valence electrons. The van der Waals surface area contributed by atoms with E-state index in [9.17, 15) is 22.8 Å². The van der Waals surface area contributed by atoms with Gasteiger partial charge in [-0.3, -0.25) is 9.59 Å². The number of rotatable bonds is 3. The van der Waals surface area contributed by atoms with Crippen LogP contribution in [0.5, 0.6) is 0 Å². The Labute approximate surface area is 142 Å². The molecule has 1 unspecified atom stereocenters. The minimum Gasteiger partial charge on any atom is -0.348 e. The molecule has 1 aliphatic rings. The number of carbonyl (C=O) groups is 2. The molecule has 0 saturated carbocycles. The lowest BCUT2D eigenvalue weighted by Gasteiger charge is -2.22. The van der Waals surface area contributed by atoms with Crippen molar-refractivity contribution in [1.29, 1.82) is 0 Å². The summed E-state index contributed by atoms with van der Waals surface area (Å²) in [6, 6.07) is 5.95. The summed E-state index contributed by atoms with van der Waals surface area (Å²) in [4.78, 5) is 23.9. The summed E-state index contributed by atoms with van der Waals surface area (Å²) in [6.45, 7) is 1.39. The first-order valence-electron chi connectivity index (χ1n) is 7.70. The van der Waals surface area contributed by atoms with E-state index in [1.165, 1.54) is 6.07 Å². The first kappa shape index (κ1) is 17.0. The number of hydrogen-bond acceptors (Lipinski definition) is 2. The molecule has 2 N–H and O–H groups in total. The van der Waals surface area contributed by atoms with E-state index >= 15 is 0 Å². The summed E-state index contributed by atoms with van der Waals surface area (Å²) in [6.07, 6.45) is 0.578. The second kappa shape index (κ2) is 6.58. The predicted molar refractivity (Wildman–Crippen MR) is 85.4 cm³/mol. The maximum absolute atomic E-state index is 13.6. The number of benzene rings is 2. The van der Waals surface area contributed by atoms with Crippen molar-refractivity contribution in [2.75, 3.05) is 5.32 Å². The highest BCUT2D eigenvalue weighted by Crippen LogP contribution is 2.26. The van der Waals surface area contributed by atoms with Crippen LogP contribution in [0.3, 0.4) is 0 Å². The molecule has 0 fully saturated rings. The lowest BCUT2D eigenvalue weighted by molar-refractivity contribution is -0.119. The average molecular weight is 348 g/mol. The van der Waals surface area contributed by atoms with E-state index < -0.39 is 35.5 Å². The maximum atomic E-state index is 13.6. The van der Waals surface area contributed by atoms with E-state index in [-0.39, 0.29) is 17.4 Å². The highest BCUT2D eigenvalue weighted by Gasteiger charge is 2.23.